The van der Waals surface area contributed by atoms with E-state index in [0.717, 1.165) is 13.1 Å². The molecule has 0 aromatic carbocycles. The number of likely N-dealkylation sites (tertiary alicyclic amines) is 1. The lowest BCUT2D eigenvalue weighted by Crippen LogP contribution is -2.29. The Kier molecular flexibility index (Phi) is 4.86. The highest BCUT2D eigenvalue weighted by molar-refractivity contribution is 7.12. The Bertz CT molecular complexity index is 461. The molecule has 0 saturated carbocycles. The molecule has 3 nitrogen and oxygen atoms in total. The van der Waals surface area contributed by atoms with Crippen LogP contribution in [0.3, 0.4) is 0 Å². The van der Waals surface area contributed by atoms with Gasteiger partial charge in [-0.1, -0.05) is 0 Å². The van der Waals surface area contributed by atoms with Gasteiger partial charge in [0.1, 0.15) is 5.60 Å². The Labute approximate surface area is 125 Å². The minimum Gasteiger partial charge on any atom is -0.460 e. The van der Waals surface area contributed by atoms with Crippen molar-refractivity contribution in [3.63, 3.8) is 0 Å². The topological polar surface area (TPSA) is 29.5 Å². The van der Waals surface area contributed by atoms with Crippen molar-refractivity contribution in [2.75, 3.05) is 13.1 Å². The summed E-state index contributed by atoms with van der Waals surface area (Å²) in [5.41, 5.74) is -0.383. The maximum Gasteiger partial charge on any atom is 0.307 e. The van der Waals surface area contributed by atoms with Gasteiger partial charge in [-0.2, -0.15) is 0 Å². The third-order valence-electron chi connectivity index (χ3n) is 3.48. The van der Waals surface area contributed by atoms with Crippen LogP contribution in [0, 0.1) is 6.92 Å². The lowest BCUT2D eigenvalue weighted by Gasteiger charge is -2.24. The summed E-state index contributed by atoms with van der Waals surface area (Å²) in [6.07, 6.45) is 2.91. The third kappa shape index (κ3) is 4.32. The highest BCUT2D eigenvalue weighted by Crippen LogP contribution is 2.35. The molecule has 1 fully saturated rings. The van der Waals surface area contributed by atoms with Crippen LogP contribution in [-0.4, -0.2) is 29.6 Å². The van der Waals surface area contributed by atoms with E-state index >= 15 is 0 Å². The maximum atomic E-state index is 11.8. The fourth-order valence-electron chi connectivity index (χ4n) is 2.68. The zero-order valence-corrected chi connectivity index (χ0v) is 13.8. The molecular weight excluding hydrogens is 270 g/mol. The molecule has 1 atom stereocenters. The van der Waals surface area contributed by atoms with Crippen LogP contribution in [0.2, 0.25) is 0 Å². The van der Waals surface area contributed by atoms with E-state index in [9.17, 15) is 4.79 Å². The van der Waals surface area contributed by atoms with Crippen molar-refractivity contribution in [1.82, 2.24) is 4.90 Å². The molecule has 2 heterocycles. The van der Waals surface area contributed by atoms with Crippen LogP contribution in [0.1, 0.15) is 55.8 Å². The number of ether oxygens (including phenoxy) is 1. The van der Waals surface area contributed by atoms with E-state index in [4.69, 9.17) is 4.74 Å². The minimum absolute atomic E-state index is 0.0921. The molecule has 0 amide bonds. The van der Waals surface area contributed by atoms with Crippen molar-refractivity contribution in [2.45, 2.75) is 58.6 Å². The number of hydrogen-bond donors (Lipinski definition) is 0. The zero-order valence-electron chi connectivity index (χ0n) is 12.9. The normalized spacial score (nSPS) is 20.3. The molecule has 1 aliphatic heterocycles. The predicted octanol–water partition coefficient (Wildman–Crippen LogP) is 3.93. The average Bonchev–Trinajstić information content (AvgIpc) is 2.92. The first kappa shape index (κ1) is 15.5. The van der Waals surface area contributed by atoms with Crippen LogP contribution in [0.4, 0.5) is 0 Å². The molecule has 112 valence electrons. The zero-order chi connectivity index (χ0) is 14.8. The van der Waals surface area contributed by atoms with Crippen LogP contribution < -0.4 is 0 Å². The fraction of sp³-hybridized carbons (Fsp3) is 0.688. The maximum absolute atomic E-state index is 11.8. The smallest absolute Gasteiger partial charge is 0.307 e. The summed E-state index contributed by atoms with van der Waals surface area (Å²) in [7, 11) is 0. The van der Waals surface area contributed by atoms with Gasteiger partial charge in [-0.25, -0.2) is 0 Å². The summed E-state index contributed by atoms with van der Waals surface area (Å²) in [4.78, 5) is 17.0. The fourth-order valence-corrected chi connectivity index (χ4v) is 3.72. The van der Waals surface area contributed by atoms with Crippen molar-refractivity contribution < 1.29 is 9.53 Å². The van der Waals surface area contributed by atoms with E-state index in [0.29, 0.717) is 12.5 Å². The molecule has 2 rings (SSSR count). The first-order valence-electron chi connectivity index (χ1n) is 7.37. The molecule has 1 unspecified atom stereocenters. The van der Waals surface area contributed by atoms with E-state index in [-0.39, 0.29) is 11.6 Å². The van der Waals surface area contributed by atoms with Gasteiger partial charge in [0.25, 0.3) is 0 Å². The van der Waals surface area contributed by atoms with Crippen molar-refractivity contribution in [2.24, 2.45) is 0 Å². The molecular formula is C16H25NO2S. The Hall–Kier alpha value is -0.870. The summed E-state index contributed by atoms with van der Waals surface area (Å²) >= 11 is 1.88. The largest absolute Gasteiger partial charge is 0.460 e. The first-order chi connectivity index (χ1) is 9.35. The number of rotatable bonds is 4. The Morgan fingerprint density at radius 2 is 2.20 bits per heavy atom. The molecule has 1 aromatic rings. The van der Waals surface area contributed by atoms with Crippen molar-refractivity contribution in [1.29, 1.82) is 0 Å². The van der Waals surface area contributed by atoms with Gasteiger partial charge in [-0.05, 0) is 59.2 Å². The summed E-state index contributed by atoms with van der Waals surface area (Å²) in [6.45, 7) is 9.78. The molecule has 4 heteroatoms. The lowest BCUT2D eigenvalue weighted by molar-refractivity contribution is -0.155. The number of aryl methyl sites for hydroxylation is 1. The lowest BCUT2D eigenvalue weighted by atomic mass is 10.2. The highest BCUT2D eigenvalue weighted by atomic mass is 32.1. The second-order valence-electron chi connectivity index (χ2n) is 6.48. The van der Waals surface area contributed by atoms with Gasteiger partial charge in [-0.3, -0.25) is 9.69 Å². The molecule has 0 N–H and O–H groups in total. The molecule has 0 spiro atoms. The third-order valence-corrected chi connectivity index (χ3v) is 4.58. The van der Waals surface area contributed by atoms with Gasteiger partial charge in [0.2, 0.25) is 0 Å². The molecule has 0 radical (unpaired) electrons. The van der Waals surface area contributed by atoms with E-state index in [1.54, 1.807) is 0 Å². The number of carbonyl (C=O) groups excluding carboxylic acids is 1. The summed E-state index contributed by atoms with van der Waals surface area (Å²) in [5, 5.41) is 0. The van der Waals surface area contributed by atoms with Crippen molar-refractivity contribution in [3.05, 3.63) is 21.9 Å². The van der Waals surface area contributed by atoms with Crippen LogP contribution >= 0.6 is 11.3 Å². The van der Waals surface area contributed by atoms with Crippen LogP contribution in [-0.2, 0) is 9.53 Å². The van der Waals surface area contributed by atoms with Gasteiger partial charge in [-0.15, -0.1) is 11.3 Å². The Morgan fingerprint density at radius 3 is 2.80 bits per heavy atom. The number of hydrogen-bond acceptors (Lipinski definition) is 4. The van der Waals surface area contributed by atoms with Crippen molar-refractivity contribution >= 4 is 17.3 Å². The van der Waals surface area contributed by atoms with E-state index in [1.165, 1.54) is 22.6 Å². The minimum atomic E-state index is -0.383. The number of nitrogens with zero attached hydrogens (tertiary/aromatic N) is 1. The summed E-state index contributed by atoms with van der Waals surface area (Å²) in [6, 6.07) is 4.91. The van der Waals surface area contributed by atoms with Crippen molar-refractivity contribution in [3.8, 4) is 0 Å². The molecule has 20 heavy (non-hydrogen) atoms. The monoisotopic (exact) mass is 295 g/mol. The second kappa shape index (κ2) is 6.27. The molecule has 1 saturated heterocycles. The predicted molar refractivity (Wildman–Crippen MR) is 83.1 cm³/mol. The molecule has 0 bridgehead atoms. The van der Waals surface area contributed by atoms with E-state index in [1.807, 2.05) is 32.1 Å². The molecule has 1 aliphatic rings. The van der Waals surface area contributed by atoms with Gasteiger partial charge in [0.15, 0.2) is 0 Å². The first-order valence-corrected chi connectivity index (χ1v) is 8.19. The Balaban J connectivity index is 1.87. The van der Waals surface area contributed by atoms with Crippen LogP contribution in [0.15, 0.2) is 12.1 Å². The number of thiophene rings is 1. The van der Waals surface area contributed by atoms with Gasteiger partial charge < -0.3 is 4.74 Å². The van der Waals surface area contributed by atoms with Gasteiger partial charge in [0.05, 0.1) is 6.42 Å². The van der Waals surface area contributed by atoms with Gasteiger partial charge in [0, 0.05) is 22.3 Å². The second-order valence-corrected chi connectivity index (χ2v) is 7.80. The van der Waals surface area contributed by atoms with E-state index < -0.39 is 0 Å². The number of esters is 1. The van der Waals surface area contributed by atoms with E-state index in [2.05, 4.69) is 24.0 Å². The SMILES string of the molecule is Cc1ccc(C2CCCN2CCC(=O)OC(C)(C)C)s1. The van der Waals surface area contributed by atoms with Crippen LogP contribution in [0.25, 0.3) is 0 Å². The Morgan fingerprint density at radius 1 is 1.45 bits per heavy atom. The summed E-state index contributed by atoms with van der Waals surface area (Å²) in [5.74, 6) is -0.0921. The number of carbonyl (C=O) groups is 1. The molecule has 1 aromatic heterocycles. The quantitative estimate of drug-likeness (QED) is 0.788. The average molecular weight is 295 g/mol. The van der Waals surface area contributed by atoms with Gasteiger partial charge >= 0.3 is 5.97 Å². The standard InChI is InChI=1S/C16H25NO2S/c1-12-7-8-14(20-12)13-6-5-10-17(13)11-9-15(18)19-16(2,3)4/h7-8,13H,5-6,9-11H2,1-4H3. The highest BCUT2D eigenvalue weighted by Gasteiger charge is 2.27. The summed E-state index contributed by atoms with van der Waals surface area (Å²) < 4.78 is 5.38. The van der Waals surface area contributed by atoms with Crippen LogP contribution in [0.5, 0.6) is 0 Å². The molecule has 0 aliphatic carbocycles.